The Morgan fingerprint density at radius 2 is 2.22 bits per heavy atom. The number of anilines is 1. The first kappa shape index (κ1) is 12.6. The van der Waals surface area contributed by atoms with Gasteiger partial charge in [0.25, 0.3) is 0 Å². The molecule has 0 saturated heterocycles. The van der Waals surface area contributed by atoms with Crippen molar-refractivity contribution < 1.29 is 9.90 Å². The van der Waals surface area contributed by atoms with Crippen molar-refractivity contribution in [3.63, 3.8) is 0 Å². The molecular weight excluding hydrogens is 248 g/mol. The van der Waals surface area contributed by atoms with Crippen LogP contribution in [0.25, 0.3) is 0 Å². The number of aryl methyl sites for hydroxylation is 1. The number of carbonyl (C=O) groups is 1. The minimum Gasteiger partial charge on any atom is -0.478 e. The molecule has 2 rings (SSSR count). The van der Waals surface area contributed by atoms with E-state index < -0.39 is 5.97 Å². The second-order valence-electron chi connectivity index (χ2n) is 4.02. The molecule has 0 aliphatic rings. The number of hydrogen-bond donors (Lipinski definition) is 2. The highest BCUT2D eigenvalue weighted by Crippen LogP contribution is 2.22. The minimum atomic E-state index is -0.946. The lowest BCUT2D eigenvalue weighted by atomic mass is 10.2. The van der Waals surface area contributed by atoms with Crippen LogP contribution in [0.15, 0.2) is 29.6 Å². The fourth-order valence-electron chi connectivity index (χ4n) is 1.70. The van der Waals surface area contributed by atoms with Crippen LogP contribution < -0.4 is 5.32 Å². The Labute approximate surface area is 109 Å². The summed E-state index contributed by atoms with van der Waals surface area (Å²) in [4.78, 5) is 16.4. The summed E-state index contributed by atoms with van der Waals surface area (Å²) in [5.41, 5.74) is 0.759. The second kappa shape index (κ2) is 5.18. The van der Waals surface area contributed by atoms with Crippen LogP contribution in [-0.2, 0) is 0 Å². The summed E-state index contributed by atoms with van der Waals surface area (Å²) in [7, 11) is 0. The second-order valence-corrected chi connectivity index (χ2v) is 5.00. The first-order valence-corrected chi connectivity index (χ1v) is 6.47. The van der Waals surface area contributed by atoms with Gasteiger partial charge in [0, 0.05) is 4.88 Å². The fraction of sp³-hybridized carbons (Fsp3) is 0.231. The molecule has 2 N–H and O–H groups in total. The molecule has 0 aliphatic carbocycles. The highest BCUT2D eigenvalue weighted by Gasteiger charge is 2.11. The third kappa shape index (κ3) is 2.68. The van der Waals surface area contributed by atoms with Crippen molar-refractivity contribution in [2.24, 2.45) is 0 Å². The quantitative estimate of drug-likeness (QED) is 0.887. The van der Waals surface area contributed by atoms with Crippen molar-refractivity contribution in [1.82, 2.24) is 4.98 Å². The van der Waals surface area contributed by atoms with Gasteiger partial charge in [-0.05, 0) is 37.4 Å². The molecular formula is C13H14N2O2S. The van der Waals surface area contributed by atoms with E-state index in [1.807, 2.05) is 18.4 Å². The summed E-state index contributed by atoms with van der Waals surface area (Å²) in [6, 6.07) is 7.49. The Balaban J connectivity index is 2.15. The number of thiophene rings is 1. The Hall–Kier alpha value is -1.88. The van der Waals surface area contributed by atoms with E-state index in [0.717, 1.165) is 0 Å². The molecule has 1 unspecified atom stereocenters. The van der Waals surface area contributed by atoms with Crippen LogP contribution in [0.5, 0.6) is 0 Å². The zero-order chi connectivity index (χ0) is 13.1. The van der Waals surface area contributed by atoms with Crippen LogP contribution in [0.4, 0.5) is 5.82 Å². The average molecular weight is 262 g/mol. The number of carboxylic acid groups (broad SMARTS) is 1. The van der Waals surface area contributed by atoms with Crippen molar-refractivity contribution in [2.45, 2.75) is 19.9 Å². The standard InChI is InChI=1S/C13H14N2O2S/c1-8-10(13(16)17)5-6-12(14-8)15-9(2)11-4-3-7-18-11/h3-7,9H,1-2H3,(H,14,15)(H,16,17). The molecule has 0 amide bonds. The Morgan fingerprint density at radius 1 is 1.44 bits per heavy atom. The van der Waals surface area contributed by atoms with Crippen LogP contribution in [0.2, 0.25) is 0 Å². The number of aromatic carboxylic acids is 1. The lowest BCUT2D eigenvalue weighted by Gasteiger charge is -2.13. The number of aromatic nitrogens is 1. The van der Waals surface area contributed by atoms with Crippen LogP contribution in [-0.4, -0.2) is 16.1 Å². The van der Waals surface area contributed by atoms with E-state index in [-0.39, 0.29) is 11.6 Å². The van der Waals surface area contributed by atoms with Crippen LogP contribution >= 0.6 is 11.3 Å². The summed E-state index contributed by atoms with van der Waals surface area (Å²) >= 11 is 1.68. The number of rotatable bonds is 4. The Bertz CT molecular complexity index is 552. The van der Waals surface area contributed by atoms with Gasteiger partial charge in [-0.1, -0.05) is 6.07 Å². The molecule has 0 radical (unpaired) electrons. The molecule has 5 heteroatoms. The van der Waals surface area contributed by atoms with E-state index in [2.05, 4.69) is 16.4 Å². The lowest BCUT2D eigenvalue weighted by molar-refractivity contribution is 0.0695. The molecule has 18 heavy (non-hydrogen) atoms. The summed E-state index contributed by atoms with van der Waals surface area (Å²) < 4.78 is 0. The number of carboxylic acids is 1. The van der Waals surface area contributed by atoms with Crippen LogP contribution in [0.3, 0.4) is 0 Å². The van der Waals surface area contributed by atoms with Gasteiger partial charge in [0.2, 0.25) is 0 Å². The predicted octanol–water partition coefficient (Wildman–Crippen LogP) is 3.32. The zero-order valence-electron chi connectivity index (χ0n) is 10.2. The molecule has 2 heterocycles. The smallest absolute Gasteiger partial charge is 0.337 e. The van der Waals surface area contributed by atoms with Crippen LogP contribution in [0.1, 0.15) is 33.9 Å². The van der Waals surface area contributed by atoms with Gasteiger partial charge < -0.3 is 10.4 Å². The van der Waals surface area contributed by atoms with E-state index in [1.165, 1.54) is 4.88 Å². The third-order valence-electron chi connectivity index (χ3n) is 2.65. The third-order valence-corrected chi connectivity index (χ3v) is 3.71. The SMILES string of the molecule is Cc1nc(NC(C)c2cccs2)ccc1C(=O)O. The summed E-state index contributed by atoms with van der Waals surface area (Å²) in [5.74, 6) is -0.253. The van der Waals surface area contributed by atoms with Gasteiger partial charge in [0.1, 0.15) is 5.82 Å². The highest BCUT2D eigenvalue weighted by atomic mass is 32.1. The molecule has 0 bridgehead atoms. The minimum absolute atomic E-state index is 0.160. The molecule has 1 atom stereocenters. The normalized spacial score (nSPS) is 12.1. The van der Waals surface area contributed by atoms with E-state index in [1.54, 1.807) is 30.4 Å². The topological polar surface area (TPSA) is 62.2 Å². The summed E-state index contributed by atoms with van der Waals surface area (Å²) in [6.07, 6.45) is 0. The monoisotopic (exact) mass is 262 g/mol. The summed E-state index contributed by atoms with van der Waals surface area (Å²) in [6.45, 7) is 3.75. The van der Waals surface area contributed by atoms with Crippen molar-refractivity contribution >= 4 is 23.1 Å². The lowest BCUT2D eigenvalue weighted by Crippen LogP contribution is -2.09. The van der Waals surface area contributed by atoms with Crippen molar-refractivity contribution in [3.05, 3.63) is 45.8 Å². The van der Waals surface area contributed by atoms with Crippen molar-refractivity contribution in [3.8, 4) is 0 Å². The first-order valence-electron chi connectivity index (χ1n) is 5.59. The zero-order valence-corrected chi connectivity index (χ0v) is 11.0. The molecule has 0 fully saturated rings. The molecule has 0 saturated carbocycles. The fourth-order valence-corrected chi connectivity index (χ4v) is 2.43. The maximum atomic E-state index is 10.9. The van der Waals surface area contributed by atoms with Crippen molar-refractivity contribution in [2.75, 3.05) is 5.32 Å². The Kier molecular flexibility index (Phi) is 3.62. The van der Waals surface area contributed by atoms with Gasteiger partial charge >= 0.3 is 5.97 Å². The number of hydrogen-bond acceptors (Lipinski definition) is 4. The van der Waals surface area contributed by atoms with Gasteiger partial charge in [-0.25, -0.2) is 9.78 Å². The number of nitrogens with zero attached hydrogens (tertiary/aromatic N) is 1. The van der Waals surface area contributed by atoms with Gasteiger partial charge in [-0.15, -0.1) is 11.3 Å². The van der Waals surface area contributed by atoms with E-state index in [9.17, 15) is 4.79 Å². The van der Waals surface area contributed by atoms with E-state index in [0.29, 0.717) is 11.5 Å². The molecule has 2 aromatic rings. The van der Waals surface area contributed by atoms with Gasteiger partial charge in [-0.2, -0.15) is 0 Å². The Morgan fingerprint density at radius 3 is 2.78 bits per heavy atom. The molecule has 4 nitrogen and oxygen atoms in total. The van der Waals surface area contributed by atoms with E-state index in [4.69, 9.17) is 5.11 Å². The van der Waals surface area contributed by atoms with Crippen LogP contribution in [0, 0.1) is 6.92 Å². The number of nitrogens with one attached hydrogen (secondary N) is 1. The van der Waals surface area contributed by atoms with Gasteiger partial charge in [-0.3, -0.25) is 0 Å². The largest absolute Gasteiger partial charge is 0.478 e. The maximum absolute atomic E-state index is 10.9. The molecule has 94 valence electrons. The predicted molar refractivity (Wildman–Crippen MR) is 72.3 cm³/mol. The molecule has 0 aliphatic heterocycles. The van der Waals surface area contributed by atoms with Crippen molar-refractivity contribution in [1.29, 1.82) is 0 Å². The molecule has 0 spiro atoms. The van der Waals surface area contributed by atoms with E-state index >= 15 is 0 Å². The van der Waals surface area contributed by atoms with Gasteiger partial charge in [0.15, 0.2) is 0 Å². The first-order chi connectivity index (χ1) is 8.58. The molecule has 0 aromatic carbocycles. The molecule has 2 aromatic heterocycles. The average Bonchev–Trinajstić information content (AvgIpc) is 2.81. The summed E-state index contributed by atoms with van der Waals surface area (Å²) in [5, 5.41) is 14.2. The van der Waals surface area contributed by atoms with Gasteiger partial charge in [0.05, 0.1) is 17.3 Å². The number of pyridine rings is 1. The maximum Gasteiger partial charge on any atom is 0.337 e. The highest BCUT2D eigenvalue weighted by molar-refractivity contribution is 7.10.